The van der Waals surface area contributed by atoms with Crippen molar-refractivity contribution in [3.05, 3.63) is 71.9 Å². The number of nitrogens with one attached hydrogen (secondary N) is 2. The largest absolute Gasteiger partial charge is 0.365 e. The Balaban J connectivity index is 1.39. The summed E-state index contributed by atoms with van der Waals surface area (Å²) in [6.07, 6.45) is 2.55. The topological polar surface area (TPSA) is 52.6 Å². The lowest BCUT2D eigenvalue weighted by atomic mass is 10.1. The van der Waals surface area contributed by atoms with Crippen molar-refractivity contribution >= 4 is 22.5 Å². The molecule has 2 aromatic carbocycles. The maximum absolute atomic E-state index is 14.1. The maximum Gasteiger partial charge on any atom is 0.191 e. The number of hydrogen-bond acceptors (Lipinski definition) is 3. The Morgan fingerprint density at radius 2 is 1.90 bits per heavy atom. The van der Waals surface area contributed by atoms with Gasteiger partial charge in [0.25, 0.3) is 0 Å². The van der Waals surface area contributed by atoms with E-state index in [9.17, 15) is 8.78 Å². The van der Waals surface area contributed by atoms with Crippen molar-refractivity contribution in [3.8, 4) is 0 Å². The molecule has 0 aliphatic carbocycles. The summed E-state index contributed by atoms with van der Waals surface area (Å²) in [5.74, 6) is -0.410. The highest BCUT2D eigenvalue weighted by Gasteiger charge is 2.27. The van der Waals surface area contributed by atoms with Crippen molar-refractivity contribution < 1.29 is 8.78 Å². The number of guanidine groups is 1. The van der Waals surface area contributed by atoms with Crippen LogP contribution in [0.4, 0.5) is 14.5 Å². The molecule has 1 fully saturated rings. The minimum Gasteiger partial charge on any atom is -0.365 e. The lowest BCUT2D eigenvalue weighted by Gasteiger charge is -2.21. The Bertz CT molecular complexity index is 1010. The molecular weight excluding hydrogens is 372 g/mol. The fraction of sp³-hybridized carbons (Fsp3) is 0.273. The third-order valence-electron chi connectivity index (χ3n) is 5.17. The average Bonchev–Trinajstić information content (AvgIpc) is 3.19. The second-order valence-corrected chi connectivity index (χ2v) is 7.06. The van der Waals surface area contributed by atoms with Crippen molar-refractivity contribution in [2.24, 2.45) is 4.99 Å². The van der Waals surface area contributed by atoms with Crippen molar-refractivity contribution in [1.29, 1.82) is 0 Å². The van der Waals surface area contributed by atoms with E-state index in [1.807, 2.05) is 30.3 Å². The first-order valence-corrected chi connectivity index (χ1v) is 9.64. The number of anilines is 1. The molecule has 4 rings (SSSR count). The predicted molar refractivity (Wildman–Crippen MR) is 112 cm³/mol. The lowest BCUT2D eigenvalue weighted by Crippen LogP contribution is -2.44. The van der Waals surface area contributed by atoms with E-state index in [0.717, 1.165) is 22.9 Å². The number of aliphatic imine (C=N–C) groups is 1. The number of para-hydroxylation sites is 2. The normalized spacial score (nSPS) is 17.0. The summed E-state index contributed by atoms with van der Waals surface area (Å²) < 4.78 is 28.1. The van der Waals surface area contributed by atoms with Crippen LogP contribution in [0.5, 0.6) is 0 Å². The highest BCUT2D eigenvalue weighted by Crippen LogP contribution is 2.26. The molecular formula is C22H23F2N5. The summed E-state index contributed by atoms with van der Waals surface area (Å²) in [6.45, 7) is 1.67. The van der Waals surface area contributed by atoms with Crippen LogP contribution in [0, 0.1) is 11.6 Å². The molecule has 5 nitrogen and oxygen atoms in total. The van der Waals surface area contributed by atoms with Crippen LogP contribution in [0.3, 0.4) is 0 Å². The van der Waals surface area contributed by atoms with Crippen LogP contribution in [0.2, 0.25) is 0 Å². The van der Waals surface area contributed by atoms with E-state index in [2.05, 4.69) is 20.6 Å². The monoisotopic (exact) mass is 395 g/mol. The minimum absolute atomic E-state index is 0.0431. The standard InChI is InChI=1S/C22H23F2N5/c1-25-22(27-13-16-6-2-5-15-7-4-11-26-20(15)16)28-17-10-12-29(14-17)21-18(23)8-3-9-19(21)24/h2-9,11,17H,10,12-14H2,1H3,(H2,25,27,28). The zero-order chi connectivity index (χ0) is 20.2. The molecule has 0 bridgehead atoms. The molecule has 150 valence electrons. The fourth-order valence-electron chi connectivity index (χ4n) is 3.75. The first-order chi connectivity index (χ1) is 14.2. The minimum atomic E-state index is -0.531. The van der Waals surface area contributed by atoms with Crippen LogP contribution in [0.25, 0.3) is 10.9 Å². The number of fused-ring (bicyclic) bond motifs is 1. The van der Waals surface area contributed by atoms with E-state index < -0.39 is 11.6 Å². The highest BCUT2D eigenvalue weighted by atomic mass is 19.1. The lowest BCUT2D eigenvalue weighted by molar-refractivity contribution is 0.576. The molecule has 0 radical (unpaired) electrons. The quantitative estimate of drug-likeness (QED) is 0.525. The van der Waals surface area contributed by atoms with Crippen LogP contribution in [0.1, 0.15) is 12.0 Å². The number of benzene rings is 2. The molecule has 7 heteroatoms. The number of halogens is 2. The summed E-state index contributed by atoms with van der Waals surface area (Å²) >= 11 is 0. The van der Waals surface area contributed by atoms with Gasteiger partial charge < -0.3 is 15.5 Å². The number of hydrogen-bond donors (Lipinski definition) is 2. The maximum atomic E-state index is 14.1. The first kappa shape index (κ1) is 19.1. The smallest absolute Gasteiger partial charge is 0.191 e. The Hall–Kier alpha value is -3.22. The molecule has 1 unspecified atom stereocenters. The molecule has 1 saturated heterocycles. The van der Waals surface area contributed by atoms with E-state index in [0.29, 0.717) is 25.6 Å². The van der Waals surface area contributed by atoms with Gasteiger partial charge in [-0.3, -0.25) is 9.98 Å². The average molecular weight is 395 g/mol. The van der Waals surface area contributed by atoms with Crippen LogP contribution < -0.4 is 15.5 Å². The molecule has 1 atom stereocenters. The summed E-state index contributed by atoms with van der Waals surface area (Å²) in [7, 11) is 1.71. The summed E-state index contributed by atoms with van der Waals surface area (Å²) in [5.41, 5.74) is 2.08. The van der Waals surface area contributed by atoms with Gasteiger partial charge in [0, 0.05) is 44.3 Å². The van der Waals surface area contributed by atoms with E-state index >= 15 is 0 Å². The molecule has 2 heterocycles. The number of nitrogens with zero attached hydrogens (tertiary/aromatic N) is 3. The highest BCUT2D eigenvalue weighted by molar-refractivity contribution is 5.83. The van der Waals surface area contributed by atoms with Gasteiger partial charge in [0.1, 0.15) is 17.3 Å². The van der Waals surface area contributed by atoms with E-state index in [-0.39, 0.29) is 11.7 Å². The Kier molecular flexibility index (Phi) is 5.55. The van der Waals surface area contributed by atoms with Gasteiger partial charge in [-0.2, -0.15) is 0 Å². The first-order valence-electron chi connectivity index (χ1n) is 9.64. The van der Waals surface area contributed by atoms with Crippen LogP contribution in [-0.2, 0) is 6.54 Å². The van der Waals surface area contributed by atoms with Gasteiger partial charge in [-0.1, -0.05) is 30.3 Å². The zero-order valence-corrected chi connectivity index (χ0v) is 16.2. The molecule has 2 N–H and O–H groups in total. The van der Waals surface area contributed by atoms with Crippen molar-refractivity contribution in [3.63, 3.8) is 0 Å². The molecule has 0 spiro atoms. The summed E-state index contributed by atoms with van der Waals surface area (Å²) in [5, 5.41) is 7.76. The Labute approximate surface area is 168 Å². The molecule has 1 aliphatic heterocycles. The summed E-state index contributed by atoms with van der Waals surface area (Å²) in [4.78, 5) is 10.5. The third kappa shape index (κ3) is 4.13. The van der Waals surface area contributed by atoms with Gasteiger partial charge >= 0.3 is 0 Å². The third-order valence-corrected chi connectivity index (χ3v) is 5.17. The van der Waals surface area contributed by atoms with Crippen molar-refractivity contribution in [1.82, 2.24) is 15.6 Å². The second-order valence-electron chi connectivity index (χ2n) is 7.06. The Morgan fingerprint density at radius 1 is 1.14 bits per heavy atom. The molecule has 1 aromatic heterocycles. The van der Waals surface area contributed by atoms with Gasteiger partial charge in [-0.15, -0.1) is 0 Å². The van der Waals surface area contributed by atoms with Gasteiger partial charge in [0.15, 0.2) is 5.96 Å². The SMILES string of the molecule is CN=C(NCc1cccc2cccnc12)NC1CCN(c2c(F)cccc2F)C1. The van der Waals surface area contributed by atoms with Gasteiger partial charge in [-0.05, 0) is 30.2 Å². The zero-order valence-electron chi connectivity index (χ0n) is 16.2. The van der Waals surface area contributed by atoms with Crippen molar-refractivity contribution in [2.75, 3.05) is 25.0 Å². The summed E-state index contributed by atoms with van der Waals surface area (Å²) in [6, 6.07) is 14.0. The molecule has 0 amide bonds. The fourth-order valence-corrected chi connectivity index (χ4v) is 3.75. The molecule has 3 aromatic rings. The van der Waals surface area contributed by atoms with Crippen LogP contribution in [-0.4, -0.2) is 37.1 Å². The molecule has 29 heavy (non-hydrogen) atoms. The second kappa shape index (κ2) is 8.43. The number of aromatic nitrogens is 1. The van der Waals surface area contributed by atoms with E-state index in [4.69, 9.17) is 0 Å². The van der Waals surface area contributed by atoms with Gasteiger partial charge in [0.05, 0.1) is 5.52 Å². The predicted octanol–water partition coefficient (Wildman–Crippen LogP) is 3.46. The molecule has 0 saturated carbocycles. The number of rotatable bonds is 4. The van der Waals surface area contributed by atoms with Gasteiger partial charge in [-0.25, -0.2) is 8.78 Å². The van der Waals surface area contributed by atoms with Crippen LogP contribution >= 0.6 is 0 Å². The van der Waals surface area contributed by atoms with Crippen molar-refractivity contribution in [2.45, 2.75) is 19.0 Å². The van der Waals surface area contributed by atoms with Crippen LogP contribution in [0.15, 0.2) is 59.7 Å². The van der Waals surface area contributed by atoms with Gasteiger partial charge in [0.2, 0.25) is 0 Å². The van der Waals surface area contributed by atoms with E-state index in [1.54, 1.807) is 18.1 Å². The Morgan fingerprint density at radius 3 is 2.69 bits per heavy atom. The molecule has 1 aliphatic rings. The van der Waals surface area contributed by atoms with E-state index in [1.165, 1.54) is 18.2 Å². The number of pyridine rings is 1.